The number of hydrogen-bond donors (Lipinski definition) is 0. The van der Waals surface area contributed by atoms with Gasteiger partial charge in [0.2, 0.25) is 0 Å². The molecule has 3 nitrogen and oxygen atoms in total. The molecule has 3 aromatic heterocycles. The molecule has 1 spiro atoms. The highest BCUT2D eigenvalue weighted by Crippen LogP contribution is 2.61. The highest BCUT2D eigenvalue weighted by molar-refractivity contribution is 6.11. The Morgan fingerprint density at radius 1 is 0.380 bits per heavy atom. The summed E-state index contributed by atoms with van der Waals surface area (Å²) in [6.07, 6.45) is 13.4. The third-order valence-corrected chi connectivity index (χ3v) is 18.4. The summed E-state index contributed by atoms with van der Waals surface area (Å²) in [5, 5.41) is 4.43. The summed E-state index contributed by atoms with van der Waals surface area (Å²) in [5.41, 5.74) is 22.2. The van der Waals surface area contributed by atoms with Gasteiger partial charge in [0.25, 0.3) is 0 Å². The van der Waals surface area contributed by atoms with Crippen molar-refractivity contribution in [3.63, 3.8) is 0 Å². The van der Waals surface area contributed by atoms with E-state index >= 15 is 0 Å². The van der Waals surface area contributed by atoms with Crippen molar-refractivity contribution in [2.45, 2.75) is 75.0 Å². The van der Waals surface area contributed by atoms with Gasteiger partial charge in [-0.2, -0.15) is 0 Å². The molecular formula is C68H53NO2. The van der Waals surface area contributed by atoms with Crippen LogP contribution in [0.4, 0.5) is 0 Å². The van der Waals surface area contributed by atoms with Crippen LogP contribution in [0.1, 0.15) is 80.9 Å². The van der Waals surface area contributed by atoms with Crippen molar-refractivity contribution in [3.8, 4) is 67.0 Å². The fraction of sp³-hybridized carbons (Fsp3) is 0.221. The molecule has 11 aromatic rings. The summed E-state index contributed by atoms with van der Waals surface area (Å²) in [7, 11) is 0. The molecule has 3 heterocycles. The quantitative estimate of drug-likeness (QED) is 0.167. The van der Waals surface area contributed by atoms with Gasteiger partial charge in [-0.15, -0.1) is 0 Å². The lowest BCUT2D eigenvalue weighted by Gasteiger charge is -2.57. The molecule has 3 heteroatoms. The number of nitrogens with zero attached hydrogens (tertiary/aromatic N) is 1. The minimum absolute atomic E-state index is 0.0790. The maximum atomic E-state index is 6.74. The van der Waals surface area contributed by atoms with Crippen LogP contribution in [0.15, 0.2) is 191 Å². The molecule has 0 N–H and O–H groups in total. The second-order valence-corrected chi connectivity index (χ2v) is 22.4. The first-order chi connectivity index (χ1) is 35.0. The Kier molecular flexibility index (Phi) is 8.51. The number of benzene rings is 8. The molecule has 5 fully saturated rings. The molecule has 0 aliphatic heterocycles. The smallest absolute Gasteiger partial charge is 0.144 e. The van der Waals surface area contributed by atoms with Crippen LogP contribution in [0.25, 0.3) is 111 Å². The minimum Gasteiger partial charge on any atom is -0.455 e. The summed E-state index contributed by atoms with van der Waals surface area (Å²) < 4.78 is 13.5. The summed E-state index contributed by atoms with van der Waals surface area (Å²) >= 11 is 0. The monoisotopic (exact) mass is 915 g/mol. The highest BCUT2D eigenvalue weighted by atomic mass is 16.3. The molecule has 5 saturated carbocycles. The van der Waals surface area contributed by atoms with Gasteiger partial charge in [-0.05, 0) is 185 Å². The average molecular weight is 916 g/mol. The van der Waals surface area contributed by atoms with Crippen LogP contribution in [0.3, 0.4) is 0 Å². The molecule has 0 atom stereocenters. The first-order valence-electron chi connectivity index (χ1n) is 26.4. The Labute approximate surface area is 414 Å². The van der Waals surface area contributed by atoms with E-state index in [2.05, 4.69) is 176 Å². The van der Waals surface area contributed by atoms with E-state index in [4.69, 9.17) is 13.8 Å². The van der Waals surface area contributed by atoms with Crippen molar-refractivity contribution in [1.29, 1.82) is 0 Å². The molecule has 0 radical (unpaired) electrons. The lowest BCUT2D eigenvalue weighted by molar-refractivity contribution is -0.00518. The largest absolute Gasteiger partial charge is 0.455 e. The van der Waals surface area contributed by atoms with Gasteiger partial charge in [0, 0.05) is 43.7 Å². The fourth-order valence-corrected chi connectivity index (χ4v) is 15.6. The lowest BCUT2D eigenvalue weighted by Crippen LogP contribution is -2.48. The number of aromatic nitrogens is 1. The lowest BCUT2D eigenvalue weighted by atomic mass is 9.48. The zero-order valence-electron chi connectivity index (χ0n) is 39.9. The topological polar surface area (TPSA) is 39.2 Å². The molecule has 0 amide bonds. The van der Waals surface area contributed by atoms with Crippen LogP contribution in [0.2, 0.25) is 0 Å². The average Bonchev–Trinajstić information content (AvgIpc) is 4.21. The van der Waals surface area contributed by atoms with Crippen molar-refractivity contribution in [2.24, 2.45) is 17.8 Å². The summed E-state index contributed by atoms with van der Waals surface area (Å²) in [5.74, 6) is 2.73. The summed E-state index contributed by atoms with van der Waals surface area (Å²) in [6.45, 7) is 0. The Morgan fingerprint density at radius 3 is 1.62 bits per heavy atom. The van der Waals surface area contributed by atoms with E-state index in [1.165, 1.54) is 109 Å². The van der Waals surface area contributed by atoms with Crippen molar-refractivity contribution >= 4 is 43.9 Å². The van der Waals surface area contributed by atoms with E-state index in [0.717, 1.165) is 95.3 Å². The van der Waals surface area contributed by atoms with Gasteiger partial charge in [-0.25, -0.2) is 4.98 Å². The van der Waals surface area contributed by atoms with E-state index in [1.54, 1.807) is 5.56 Å². The highest BCUT2D eigenvalue weighted by Gasteiger charge is 2.51. The van der Waals surface area contributed by atoms with Gasteiger partial charge in [-0.3, -0.25) is 0 Å². The predicted molar refractivity (Wildman–Crippen MR) is 291 cm³/mol. The molecule has 4 bridgehead atoms. The zero-order valence-corrected chi connectivity index (χ0v) is 39.9. The van der Waals surface area contributed by atoms with E-state index < -0.39 is 0 Å². The Balaban J connectivity index is 0.909. The van der Waals surface area contributed by atoms with Crippen LogP contribution in [0.5, 0.6) is 0 Å². The van der Waals surface area contributed by atoms with Gasteiger partial charge < -0.3 is 8.83 Å². The van der Waals surface area contributed by atoms with Crippen LogP contribution < -0.4 is 0 Å². The van der Waals surface area contributed by atoms with E-state index in [9.17, 15) is 0 Å². The number of rotatable bonds is 6. The van der Waals surface area contributed by atoms with Gasteiger partial charge in [0.15, 0.2) is 0 Å². The molecule has 0 unspecified atom stereocenters. The third kappa shape index (κ3) is 6.05. The van der Waals surface area contributed by atoms with Crippen LogP contribution in [-0.2, 0) is 10.8 Å². The van der Waals surface area contributed by atoms with E-state index in [0.29, 0.717) is 5.41 Å². The number of fused-ring (bicyclic) bond motifs is 11. The maximum absolute atomic E-state index is 6.74. The maximum Gasteiger partial charge on any atom is 0.144 e. The van der Waals surface area contributed by atoms with E-state index in [1.807, 2.05) is 6.07 Å². The molecule has 71 heavy (non-hydrogen) atoms. The minimum atomic E-state index is 0.0790. The molecule has 342 valence electrons. The molecule has 8 aromatic carbocycles. The number of hydrogen-bond acceptors (Lipinski definition) is 3. The summed E-state index contributed by atoms with van der Waals surface area (Å²) in [6, 6.07) is 67.9. The predicted octanol–water partition coefficient (Wildman–Crippen LogP) is 18.5. The first-order valence-corrected chi connectivity index (χ1v) is 26.4. The van der Waals surface area contributed by atoms with Crippen LogP contribution in [0, 0.1) is 17.8 Å². The molecular weight excluding hydrogens is 863 g/mol. The van der Waals surface area contributed by atoms with Gasteiger partial charge >= 0.3 is 0 Å². The SMILES string of the molecule is c1ccc2c(c1)-c1ccc(-c3cc(-c4ccc(C56CC7CC(CC(C7)C5)C6)cc4)cc(-c4cc(-c5cccc6c5oc5ccccc56)cc(-c5cccc6c5oc5ccccc56)n4)c3)cc1C21CCCC1. The Morgan fingerprint density at radius 2 is 0.915 bits per heavy atom. The van der Waals surface area contributed by atoms with Crippen molar-refractivity contribution in [3.05, 3.63) is 199 Å². The van der Waals surface area contributed by atoms with Crippen molar-refractivity contribution in [1.82, 2.24) is 4.98 Å². The van der Waals surface area contributed by atoms with Crippen molar-refractivity contribution in [2.75, 3.05) is 0 Å². The third-order valence-electron chi connectivity index (χ3n) is 18.4. The second-order valence-electron chi connectivity index (χ2n) is 22.4. The number of para-hydroxylation sites is 4. The Hall–Kier alpha value is -7.49. The zero-order chi connectivity index (χ0) is 46.4. The number of furan rings is 2. The Bertz CT molecular complexity index is 3820. The standard InChI is InChI=1S/C68H53NO2/c1-4-18-59-52(11-1)53-26-23-45(35-60(53)68(59)27-7-8-28-68)47-32-46(44-21-24-50(25-22-44)67-38-41-29-42(39-67)31-43(30-41)40-67)33-49(34-47)61-36-48(51-14-9-15-56-54-12-2-5-19-63(54)70-65(51)56)37-62(69-61)58-17-10-16-57-55-13-3-6-20-64(55)71-66(57)58/h1-6,9-26,32-37,41-43H,7-8,27-31,38-40H2. The van der Waals surface area contributed by atoms with E-state index in [-0.39, 0.29) is 5.41 Å². The van der Waals surface area contributed by atoms with Gasteiger partial charge in [-0.1, -0.05) is 140 Å². The van der Waals surface area contributed by atoms with Crippen molar-refractivity contribution < 1.29 is 8.83 Å². The first kappa shape index (κ1) is 40.3. The second kappa shape index (κ2) is 15.0. The molecule has 6 aliphatic carbocycles. The van der Waals surface area contributed by atoms with Crippen LogP contribution in [-0.4, -0.2) is 4.98 Å². The molecule has 6 aliphatic rings. The molecule has 0 saturated heterocycles. The normalized spacial score (nSPS) is 21.5. The van der Waals surface area contributed by atoms with Crippen LogP contribution >= 0.6 is 0 Å². The summed E-state index contributed by atoms with van der Waals surface area (Å²) in [4.78, 5) is 5.68. The fourth-order valence-electron chi connectivity index (χ4n) is 15.6. The number of pyridine rings is 1. The van der Waals surface area contributed by atoms with Gasteiger partial charge in [0.1, 0.15) is 22.3 Å². The van der Waals surface area contributed by atoms with Gasteiger partial charge in [0.05, 0.1) is 11.4 Å². The molecule has 17 rings (SSSR count).